The number of carbonyl (C=O) groups excluding carboxylic acids is 1. The zero-order valence-corrected chi connectivity index (χ0v) is 12.6. The van der Waals surface area contributed by atoms with Crippen molar-refractivity contribution in [3.63, 3.8) is 0 Å². The van der Waals surface area contributed by atoms with Crippen LogP contribution in [0.4, 0.5) is 11.5 Å². The number of nitrogens with one attached hydrogen (secondary N) is 2. The molecule has 0 aliphatic carbocycles. The summed E-state index contributed by atoms with van der Waals surface area (Å²) in [6.07, 6.45) is 1.41. The van der Waals surface area contributed by atoms with Crippen molar-refractivity contribution in [2.75, 3.05) is 10.7 Å². The van der Waals surface area contributed by atoms with Gasteiger partial charge in [0.15, 0.2) is 5.82 Å². The minimum atomic E-state index is -0.276. The van der Waals surface area contributed by atoms with E-state index >= 15 is 0 Å². The van der Waals surface area contributed by atoms with Crippen LogP contribution in [0.1, 0.15) is 10.4 Å². The number of hydrazine groups is 1. The molecule has 0 fully saturated rings. The highest BCUT2D eigenvalue weighted by Gasteiger charge is 2.10. The van der Waals surface area contributed by atoms with E-state index in [4.69, 9.17) is 17.4 Å². The average Bonchev–Trinajstić information content (AvgIpc) is 2.41. The van der Waals surface area contributed by atoms with Crippen molar-refractivity contribution in [2.24, 2.45) is 5.84 Å². The third-order valence-electron chi connectivity index (χ3n) is 2.36. The monoisotopic (exact) mass is 388 g/mol. The molecule has 7 heteroatoms. The zero-order valence-electron chi connectivity index (χ0n) is 9.65. The normalized spacial score (nSPS) is 10.1. The molecule has 1 amide bonds. The number of carbonyl (C=O) groups is 1. The van der Waals surface area contributed by atoms with Crippen LogP contribution < -0.4 is 16.6 Å². The topological polar surface area (TPSA) is 80.0 Å². The lowest BCUT2D eigenvalue weighted by Gasteiger charge is -2.08. The van der Waals surface area contributed by atoms with Crippen LogP contribution in [0.3, 0.4) is 0 Å². The second-order valence-corrected chi connectivity index (χ2v) is 5.20. The van der Waals surface area contributed by atoms with Crippen LogP contribution in [0, 0.1) is 3.57 Å². The Morgan fingerprint density at radius 3 is 2.74 bits per heavy atom. The molecule has 1 heterocycles. The first-order valence-corrected chi connectivity index (χ1v) is 6.75. The van der Waals surface area contributed by atoms with Crippen molar-refractivity contribution in [2.45, 2.75) is 0 Å². The van der Waals surface area contributed by atoms with Crippen molar-refractivity contribution in [3.8, 4) is 0 Å². The summed E-state index contributed by atoms with van der Waals surface area (Å²) in [5.74, 6) is 5.27. The standard InChI is InChI=1S/C12H10ClIN4O/c13-8-5-7(6-16-11(8)18-15)12(19)17-10-4-2-1-3-9(10)14/h1-6H,15H2,(H,16,18)(H,17,19). The van der Waals surface area contributed by atoms with Crippen LogP contribution in [0.25, 0.3) is 0 Å². The Morgan fingerprint density at radius 1 is 1.37 bits per heavy atom. The second kappa shape index (κ2) is 6.18. The molecule has 0 saturated carbocycles. The number of benzene rings is 1. The summed E-state index contributed by atoms with van der Waals surface area (Å²) >= 11 is 8.07. The fourth-order valence-electron chi connectivity index (χ4n) is 1.43. The molecule has 5 nitrogen and oxygen atoms in total. The van der Waals surface area contributed by atoms with Gasteiger partial charge in [-0.15, -0.1) is 0 Å². The third-order valence-corrected chi connectivity index (χ3v) is 3.59. The molecule has 2 rings (SSSR count). The van der Waals surface area contributed by atoms with Gasteiger partial charge in [0, 0.05) is 9.77 Å². The van der Waals surface area contributed by atoms with Gasteiger partial charge in [0.2, 0.25) is 0 Å². The van der Waals surface area contributed by atoms with Gasteiger partial charge in [-0.2, -0.15) is 0 Å². The summed E-state index contributed by atoms with van der Waals surface area (Å²) in [5, 5.41) is 3.08. The first-order valence-electron chi connectivity index (χ1n) is 5.30. The molecule has 1 aromatic carbocycles. The van der Waals surface area contributed by atoms with Crippen molar-refractivity contribution in [1.29, 1.82) is 0 Å². The number of halogens is 2. The number of nitrogens with two attached hydrogens (primary N) is 1. The highest BCUT2D eigenvalue weighted by Crippen LogP contribution is 2.21. The summed E-state index contributed by atoms with van der Waals surface area (Å²) < 4.78 is 0.952. The number of anilines is 2. The largest absolute Gasteiger partial charge is 0.321 e. The first-order chi connectivity index (χ1) is 9.11. The van der Waals surface area contributed by atoms with Crippen LogP contribution in [0.2, 0.25) is 5.02 Å². The molecule has 98 valence electrons. The van der Waals surface area contributed by atoms with Gasteiger partial charge in [0.05, 0.1) is 16.3 Å². The highest BCUT2D eigenvalue weighted by molar-refractivity contribution is 14.1. The predicted molar refractivity (Wildman–Crippen MR) is 84.2 cm³/mol. The summed E-state index contributed by atoms with van der Waals surface area (Å²) in [7, 11) is 0. The van der Waals surface area contributed by atoms with Crippen LogP contribution in [0.15, 0.2) is 36.5 Å². The van der Waals surface area contributed by atoms with E-state index < -0.39 is 0 Å². The van der Waals surface area contributed by atoms with Gasteiger partial charge in [0.1, 0.15) is 0 Å². The van der Waals surface area contributed by atoms with E-state index in [1.165, 1.54) is 12.3 Å². The smallest absolute Gasteiger partial charge is 0.257 e. The predicted octanol–water partition coefficient (Wildman–Crippen LogP) is 2.88. The van der Waals surface area contributed by atoms with Crippen LogP contribution in [0.5, 0.6) is 0 Å². The van der Waals surface area contributed by atoms with Gasteiger partial charge < -0.3 is 10.7 Å². The maximum Gasteiger partial charge on any atom is 0.257 e. The van der Waals surface area contributed by atoms with Gasteiger partial charge in [-0.05, 0) is 40.8 Å². The quantitative estimate of drug-likeness (QED) is 0.429. The fraction of sp³-hybridized carbons (Fsp3) is 0. The molecule has 0 aliphatic heterocycles. The summed E-state index contributed by atoms with van der Waals surface area (Å²) in [6, 6.07) is 8.99. The minimum absolute atomic E-state index is 0.276. The molecule has 2 aromatic rings. The van der Waals surface area contributed by atoms with E-state index in [-0.39, 0.29) is 10.9 Å². The first kappa shape index (κ1) is 14.0. The van der Waals surface area contributed by atoms with E-state index in [9.17, 15) is 4.79 Å². The zero-order chi connectivity index (χ0) is 13.8. The number of amides is 1. The van der Waals surface area contributed by atoms with Gasteiger partial charge in [0.25, 0.3) is 5.91 Å². The molecule has 0 saturated heterocycles. The van der Waals surface area contributed by atoms with Gasteiger partial charge in [-0.3, -0.25) is 4.79 Å². The SMILES string of the molecule is NNc1ncc(C(=O)Nc2ccccc2I)cc1Cl. The van der Waals surface area contributed by atoms with E-state index in [0.29, 0.717) is 11.4 Å². The summed E-state index contributed by atoms with van der Waals surface area (Å²) in [5.41, 5.74) is 3.45. The molecule has 0 spiro atoms. The number of hydrogen-bond acceptors (Lipinski definition) is 4. The molecular weight excluding hydrogens is 379 g/mol. The van der Waals surface area contributed by atoms with E-state index in [2.05, 4.69) is 38.3 Å². The maximum atomic E-state index is 12.1. The molecule has 0 radical (unpaired) electrons. The molecule has 0 unspecified atom stereocenters. The Hall–Kier alpha value is -1.38. The fourth-order valence-corrected chi connectivity index (χ4v) is 2.17. The van der Waals surface area contributed by atoms with Crippen molar-refractivity contribution >= 4 is 51.6 Å². The van der Waals surface area contributed by atoms with E-state index in [1.807, 2.05) is 24.3 Å². The highest BCUT2D eigenvalue weighted by atomic mass is 127. The minimum Gasteiger partial charge on any atom is -0.321 e. The molecule has 0 aliphatic rings. The van der Waals surface area contributed by atoms with Gasteiger partial charge >= 0.3 is 0 Å². The van der Waals surface area contributed by atoms with Crippen LogP contribution >= 0.6 is 34.2 Å². The van der Waals surface area contributed by atoms with Crippen molar-refractivity contribution in [1.82, 2.24) is 4.98 Å². The number of rotatable bonds is 3. The summed E-state index contributed by atoms with van der Waals surface area (Å²) in [6.45, 7) is 0. The van der Waals surface area contributed by atoms with E-state index in [1.54, 1.807) is 0 Å². The Kier molecular flexibility index (Phi) is 4.56. The van der Waals surface area contributed by atoms with Crippen LogP contribution in [-0.4, -0.2) is 10.9 Å². The number of nitrogens with zero attached hydrogens (tertiary/aromatic N) is 1. The molecule has 4 N–H and O–H groups in total. The number of aromatic nitrogens is 1. The van der Waals surface area contributed by atoms with Crippen molar-refractivity contribution < 1.29 is 4.79 Å². The van der Waals surface area contributed by atoms with Crippen LogP contribution in [-0.2, 0) is 0 Å². The molecule has 0 bridgehead atoms. The average molecular weight is 389 g/mol. The molecular formula is C12H10ClIN4O. The molecule has 1 aromatic heterocycles. The lowest BCUT2D eigenvalue weighted by molar-refractivity contribution is 0.102. The third kappa shape index (κ3) is 3.34. The summed E-state index contributed by atoms with van der Waals surface area (Å²) in [4.78, 5) is 16.0. The van der Waals surface area contributed by atoms with Gasteiger partial charge in [-0.1, -0.05) is 23.7 Å². The second-order valence-electron chi connectivity index (χ2n) is 3.63. The Balaban J connectivity index is 2.21. The number of para-hydroxylation sites is 1. The number of pyridine rings is 1. The lowest BCUT2D eigenvalue weighted by atomic mass is 10.2. The lowest BCUT2D eigenvalue weighted by Crippen LogP contribution is -2.14. The van der Waals surface area contributed by atoms with E-state index in [0.717, 1.165) is 9.26 Å². The van der Waals surface area contributed by atoms with Crippen molar-refractivity contribution in [3.05, 3.63) is 50.7 Å². The Labute approximate surface area is 128 Å². The number of nitrogen functional groups attached to an aromatic ring is 1. The molecule has 19 heavy (non-hydrogen) atoms. The Morgan fingerprint density at radius 2 is 2.11 bits per heavy atom. The molecule has 0 atom stereocenters. The number of hydrogen-bond donors (Lipinski definition) is 3. The maximum absolute atomic E-state index is 12.1. The van der Waals surface area contributed by atoms with Gasteiger partial charge in [-0.25, -0.2) is 10.8 Å². The Bertz CT molecular complexity index is 620.